The van der Waals surface area contributed by atoms with Gasteiger partial charge in [-0.1, -0.05) is 32.3 Å². The van der Waals surface area contributed by atoms with Crippen molar-refractivity contribution < 1.29 is 0 Å². The van der Waals surface area contributed by atoms with Crippen molar-refractivity contribution in [1.29, 1.82) is 0 Å². The maximum absolute atomic E-state index is 4.25. The fourth-order valence-corrected chi connectivity index (χ4v) is 5.02. The largest absolute Gasteiger partial charge is 0.278 e. The Kier molecular flexibility index (Phi) is 2.33. The summed E-state index contributed by atoms with van der Waals surface area (Å²) in [6.45, 7) is 4.75. The third kappa shape index (κ3) is 1.58. The van der Waals surface area contributed by atoms with E-state index in [2.05, 4.69) is 36.2 Å². The number of aromatic nitrogens is 2. The summed E-state index contributed by atoms with van der Waals surface area (Å²) in [4.78, 5) is 0. The average molecular weight is 254 g/mol. The number of nitrogens with one attached hydrogen (secondary N) is 1. The fourth-order valence-electron chi connectivity index (χ4n) is 5.02. The second-order valence-electron chi connectivity index (χ2n) is 7.01. The first kappa shape index (κ1) is 11.5. The molecule has 0 saturated heterocycles. The van der Waals surface area contributed by atoms with E-state index in [1.165, 1.54) is 48.6 Å². The van der Waals surface area contributed by atoms with Gasteiger partial charge in [-0.15, -0.1) is 0 Å². The topological polar surface area (TPSA) is 28.7 Å². The molecule has 100 valence electrons. The molecule has 0 amide bonds. The van der Waals surface area contributed by atoms with Crippen LogP contribution in [0.2, 0.25) is 0 Å². The first-order valence-electron chi connectivity index (χ1n) is 7.60. The van der Waals surface area contributed by atoms with Gasteiger partial charge < -0.3 is 0 Å². The van der Waals surface area contributed by atoms with Gasteiger partial charge in [-0.3, -0.25) is 5.10 Å². The summed E-state index contributed by atoms with van der Waals surface area (Å²) in [5.74, 6) is 1.96. The van der Waals surface area contributed by atoms with Crippen molar-refractivity contribution in [2.75, 3.05) is 0 Å². The van der Waals surface area contributed by atoms with Crippen molar-refractivity contribution >= 4 is 10.9 Å². The average Bonchev–Trinajstić information content (AvgIpc) is 3.02. The van der Waals surface area contributed by atoms with E-state index in [9.17, 15) is 0 Å². The number of rotatable bonds is 1. The molecule has 1 N–H and O–H groups in total. The maximum Gasteiger partial charge on any atom is 0.0653 e. The van der Waals surface area contributed by atoms with Gasteiger partial charge in [-0.25, -0.2) is 0 Å². The highest BCUT2D eigenvalue weighted by Gasteiger charge is 2.46. The standard InChI is InChI=1S/C17H22N2/c1-11-6-7-15-14(10-18-19-15)16(11)17(2)8-12-4-3-5-13(12)9-17/h6-7,10,12-13H,3-5,8-9H2,1-2H3,(H,18,19). The SMILES string of the molecule is Cc1ccc2[nH]ncc2c1C1(C)CC2CCCC2C1. The van der Waals surface area contributed by atoms with Crippen LogP contribution in [0.25, 0.3) is 10.9 Å². The first-order valence-corrected chi connectivity index (χ1v) is 7.60. The Morgan fingerprint density at radius 3 is 2.68 bits per heavy atom. The van der Waals surface area contributed by atoms with Crippen LogP contribution >= 0.6 is 0 Å². The van der Waals surface area contributed by atoms with Crippen molar-refractivity contribution in [3.8, 4) is 0 Å². The summed E-state index contributed by atoms with van der Waals surface area (Å²) in [6, 6.07) is 4.43. The Morgan fingerprint density at radius 2 is 1.95 bits per heavy atom. The highest BCUT2D eigenvalue weighted by molar-refractivity contribution is 5.84. The van der Waals surface area contributed by atoms with E-state index in [4.69, 9.17) is 0 Å². The van der Waals surface area contributed by atoms with Crippen molar-refractivity contribution in [3.05, 3.63) is 29.5 Å². The van der Waals surface area contributed by atoms with E-state index >= 15 is 0 Å². The monoisotopic (exact) mass is 254 g/mol. The Labute approximate surface area is 114 Å². The molecular weight excluding hydrogens is 232 g/mol. The highest BCUT2D eigenvalue weighted by Crippen LogP contribution is 2.55. The Bertz CT molecular complexity index is 613. The quantitative estimate of drug-likeness (QED) is 0.805. The first-order chi connectivity index (χ1) is 9.17. The molecule has 2 heteroatoms. The van der Waals surface area contributed by atoms with Crippen LogP contribution in [-0.2, 0) is 5.41 Å². The summed E-state index contributed by atoms with van der Waals surface area (Å²) >= 11 is 0. The van der Waals surface area contributed by atoms with Crippen LogP contribution in [-0.4, -0.2) is 10.2 Å². The molecule has 4 rings (SSSR count). The van der Waals surface area contributed by atoms with Crippen LogP contribution in [0.3, 0.4) is 0 Å². The van der Waals surface area contributed by atoms with Gasteiger partial charge in [0.05, 0.1) is 11.7 Å². The second-order valence-corrected chi connectivity index (χ2v) is 7.01. The fraction of sp³-hybridized carbons (Fsp3) is 0.588. The molecule has 1 heterocycles. The molecule has 2 aromatic rings. The smallest absolute Gasteiger partial charge is 0.0653 e. The van der Waals surface area contributed by atoms with E-state index in [1.54, 1.807) is 5.56 Å². The molecule has 2 nitrogen and oxygen atoms in total. The van der Waals surface area contributed by atoms with Gasteiger partial charge in [0.25, 0.3) is 0 Å². The second kappa shape index (κ2) is 3.84. The normalized spacial score (nSPS) is 34.0. The predicted octanol–water partition coefficient (Wildman–Crippen LogP) is 4.34. The highest BCUT2D eigenvalue weighted by atomic mass is 15.1. The number of H-pyrrole nitrogens is 1. The Morgan fingerprint density at radius 1 is 1.21 bits per heavy atom. The molecule has 1 aromatic carbocycles. The minimum atomic E-state index is 0.364. The third-order valence-corrected chi connectivity index (χ3v) is 5.68. The molecular formula is C17H22N2. The summed E-state index contributed by atoms with van der Waals surface area (Å²) in [5, 5.41) is 8.73. The van der Waals surface area contributed by atoms with Gasteiger partial charge in [-0.05, 0) is 54.2 Å². The number of hydrogen-bond donors (Lipinski definition) is 1. The lowest BCUT2D eigenvalue weighted by Crippen LogP contribution is -2.20. The maximum atomic E-state index is 4.25. The molecule has 2 saturated carbocycles. The Hall–Kier alpha value is -1.31. The van der Waals surface area contributed by atoms with Gasteiger partial charge in [0.2, 0.25) is 0 Å². The summed E-state index contributed by atoms with van der Waals surface area (Å²) in [6.07, 6.45) is 9.16. The lowest BCUT2D eigenvalue weighted by atomic mass is 9.75. The Balaban J connectivity index is 1.86. The van der Waals surface area contributed by atoms with E-state index in [0.29, 0.717) is 5.41 Å². The summed E-state index contributed by atoms with van der Waals surface area (Å²) in [7, 11) is 0. The van der Waals surface area contributed by atoms with Gasteiger partial charge in [-0.2, -0.15) is 5.10 Å². The molecule has 0 bridgehead atoms. The summed E-state index contributed by atoms with van der Waals surface area (Å²) in [5.41, 5.74) is 4.56. The van der Waals surface area contributed by atoms with Crippen LogP contribution in [0.5, 0.6) is 0 Å². The van der Waals surface area contributed by atoms with Crippen LogP contribution in [0.15, 0.2) is 18.3 Å². The number of benzene rings is 1. The molecule has 0 spiro atoms. The van der Waals surface area contributed by atoms with Gasteiger partial charge >= 0.3 is 0 Å². The molecule has 2 fully saturated rings. The lowest BCUT2D eigenvalue weighted by Gasteiger charge is -2.28. The molecule has 2 atom stereocenters. The van der Waals surface area contributed by atoms with Crippen molar-refractivity contribution in [2.24, 2.45) is 11.8 Å². The zero-order valence-electron chi connectivity index (χ0n) is 11.9. The molecule has 2 unspecified atom stereocenters. The number of hydrogen-bond acceptors (Lipinski definition) is 1. The number of nitrogens with zero attached hydrogens (tertiary/aromatic N) is 1. The van der Waals surface area contributed by atoms with Gasteiger partial charge in [0.15, 0.2) is 0 Å². The number of aromatic amines is 1. The van der Waals surface area contributed by atoms with Crippen molar-refractivity contribution in [2.45, 2.75) is 51.4 Å². The van der Waals surface area contributed by atoms with E-state index in [-0.39, 0.29) is 0 Å². The minimum absolute atomic E-state index is 0.364. The van der Waals surface area contributed by atoms with E-state index in [1.807, 2.05) is 6.20 Å². The van der Waals surface area contributed by atoms with Gasteiger partial charge in [0.1, 0.15) is 0 Å². The predicted molar refractivity (Wildman–Crippen MR) is 78.2 cm³/mol. The van der Waals surface area contributed by atoms with Crippen molar-refractivity contribution in [1.82, 2.24) is 10.2 Å². The van der Waals surface area contributed by atoms with Crippen LogP contribution < -0.4 is 0 Å². The third-order valence-electron chi connectivity index (χ3n) is 5.68. The zero-order valence-corrected chi connectivity index (χ0v) is 11.9. The molecule has 19 heavy (non-hydrogen) atoms. The lowest BCUT2D eigenvalue weighted by molar-refractivity contribution is 0.442. The van der Waals surface area contributed by atoms with Crippen LogP contribution in [0.1, 0.15) is 50.2 Å². The van der Waals surface area contributed by atoms with E-state index < -0.39 is 0 Å². The molecule has 0 aliphatic heterocycles. The van der Waals surface area contributed by atoms with Crippen molar-refractivity contribution in [3.63, 3.8) is 0 Å². The molecule has 0 radical (unpaired) electrons. The van der Waals surface area contributed by atoms with Crippen LogP contribution in [0, 0.1) is 18.8 Å². The summed E-state index contributed by atoms with van der Waals surface area (Å²) < 4.78 is 0. The molecule has 1 aromatic heterocycles. The van der Waals surface area contributed by atoms with Crippen LogP contribution in [0.4, 0.5) is 0 Å². The molecule has 2 aliphatic carbocycles. The number of fused-ring (bicyclic) bond motifs is 2. The minimum Gasteiger partial charge on any atom is -0.278 e. The molecule has 2 aliphatic rings. The van der Waals surface area contributed by atoms with Gasteiger partial charge in [0, 0.05) is 5.39 Å². The number of aryl methyl sites for hydroxylation is 1. The zero-order chi connectivity index (χ0) is 13.0. The van der Waals surface area contributed by atoms with E-state index in [0.717, 1.165) is 11.8 Å².